The molecule has 6 heteroatoms. The summed E-state index contributed by atoms with van der Waals surface area (Å²) >= 11 is 0. The first-order valence-corrected chi connectivity index (χ1v) is 4.56. The molecule has 0 N–H and O–H groups in total. The smallest absolute Gasteiger partial charge is 0.458 e. The van der Waals surface area contributed by atoms with Crippen LogP contribution < -0.4 is 9.47 Å². The van der Waals surface area contributed by atoms with Gasteiger partial charge in [-0.2, -0.15) is 0 Å². The number of carbonyl (C=O) groups is 2. The van der Waals surface area contributed by atoms with Crippen molar-refractivity contribution >= 4 is 11.9 Å². The number of ether oxygens (including phenoxy) is 4. The van der Waals surface area contributed by atoms with Crippen LogP contribution in [0.2, 0.25) is 0 Å². The van der Waals surface area contributed by atoms with E-state index in [1.54, 1.807) is 24.3 Å². The van der Waals surface area contributed by atoms with Gasteiger partial charge in [-0.25, -0.2) is 9.59 Å². The van der Waals surface area contributed by atoms with Crippen LogP contribution in [0.4, 0.5) is 0 Å². The standard InChI is InChI=1S/C10H6O6/c11-8-9(12)16-10(15-8)5-13-6-3-1-2-4-7(6)14-10/h1-4H,5H2. The van der Waals surface area contributed by atoms with Crippen LogP contribution in [0.15, 0.2) is 24.3 Å². The van der Waals surface area contributed by atoms with E-state index in [-0.39, 0.29) is 6.61 Å². The van der Waals surface area contributed by atoms with E-state index in [0.717, 1.165) is 0 Å². The van der Waals surface area contributed by atoms with Crippen molar-refractivity contribution in [2.45, 2.75) is 5.97 Å². The van der Waals surface area contributed by atoms with Gasteiger partial charge >= 0.3 is 17.9 Å². The predicted octanol–water partition coefficient (Wildman–Crippen LogP) is 0.212. The van der Waals surface area contributed by atoms with Crippen molar-refractivity contribution in [3.8, 4) is 11.5 Å². The lowest BCUT2D eigenvalue weighted by Gasteiger charge is -2.30. The first-order valence-electron chi connectivity index (χ1n) is 4.56. The Kier molecular flexibility index (Phi) is 1.62. The van der Waals surface area contributed by atoms with Crippen molar-refractivity contribution in [2.75, 3.05) is 6.61 Å². The van der Waals surface area contributed by atoms with E-state index in [0.29, 0.717) is 11.5 Å². The number of hydrogen-bond donors (Lipinski definition) is 0. The highest BCUT2D eigenvalue weighted by molar-refractivity contribution is 6.31. The molecule has 0 bridgehead atoms. The molecule has 82 valence electrons. The highest BCUT2D eigenvalue weighted by Gasteiger charge is 2.54. The number of fused-ring (bicyclic) bond motifs is 1. The number of carbonyl (C=O) groups excluding carboxylic acids is 2. The fourth-order valence-corrected chi connectivity index (χ4v) is 1.50. The zero-order valence-electron chi connectivity index (χ0n) is 7.97. The van der Waals surface area contributed by atoms with E-state index in [4.69, 9.17) is 18.9 Å². The Morgan fingerprint density at radius 1 is 0.938 bits per heavy atom. The molecule has 3 rings (SSSR count). The van der Waals surface area contributed by atoms with E-state index >= 15 is 0 Å². The largest absolute Gasteiger partial charge is 0.477 e. The van der Waals surface area contributed by atoms with Gasteiger partial charge in [0.25, 0.3) is 0 Å². The van der Waals surface area contributed by atoms with Gasteiger partial charge in [0.15, 0.2) is 11.5 Å². The fraction of sp³-hybridized carbons (Fsp3) is 0.200. The van der Waals surface area contributed by atoms with Crippen LogP contribution in [0.25, 0.3) is 0 Å². The predicted molar refractivity (Wildman–Crippen MR) is 47.5 cm³/mol. The third-order valence-corrected chi connectivity index (χ3v) is 2.18. The van der Waals surface area contributed by atoms with Gasteiger partial charge in [0.05, 0.1) is 0 Å². The molecule has 0 aromatic heterocycles. The van der Waals surface area contributed by atoms with Crippen LogP contribution in [0.1, 0.15) is 0 Å². The minimum atomic E-state index is -1.76. The Hall–Kier alpha value is -2.24. The van der Waals surface area contributed by atoms with Crippen molar-refractivity contribution in [3.05, 3.63) is 24.3 Å². The maximum Gasteiger partial charge on any atom is 0.458 e. The first-order chi connectivity index (χ1) is 7.69. The van der Waals surface area contributed by atoms with Gasteiger partial charge in [0, 0.05) is 0 Å². The Balaban J connectivity index is 1.93. The summed E-state index contributed by atoms with van der Waals surface area (Å²) in [6.07, 6.45) is 0. The van der Waals surface area contributed by atoms with Gasteiger partial charge in [0.2, 0.25) is 6.61 Å². The molecule has 0 saturated carbocycles. The lowest BCUT2D eigenvalue weighted by molar-refractivity contribution is -0.294. The number of esters is 2. The van der Waals surface area contributed by atoms with E-state index < -0.39 is 17.9 Å². The molecule has 0 radical (unpaired) electrons. The van der Waals surface area contributed by atoms with Crippen LogP contribution in [0.5, 0.6) is 11.5 Å². The Bertz CT molecular complexity index is 464. The Morgan fingerprint density at radius 3 is 2.25 bits per heavy atom. The zero-order chi connectivity index (χ0) is 11.2. The van der Waals surface area contributed by atoms with Gasteiger partial charge < -0.3 is 18.9 Å². The van der Waals surface area contributed by atoms with E-state index in [9.17, 15) is 9.59 Å². The molecule has 1 aromatic carbocycles. The third kappa shape index (κ3) is 1.19. The molecular weight excluding hydrogens is 216 g/mol. The van der Waals surface area contributed by atoms with Crippen LogP contribution in [0, 0.1) is 0 Å². The number of benzene rings is 1. The van der Waals surface area contributed by atoms with Crippen molar-refractivity contribution in [3.63, 3.8) is 0 Å². The first kappa shape index (κ1) is 9.02. The third-order valence-electron chi connectivity index (χ3n) is 2.18. The molecule has 1 spiro atoms. The number of rotatable bonds is 0. The molecule has 6 nitrogen and oxygen atoms in total. The molecule has 2 aliphatic rings. The summed E-state index contributed by atoms with van der Waals surface area (Å²) in [7, 11) is 0. The molecular formula is C10H6O6. The maximum atomic E-state index is 10.9. The summed E-state index contributed by atoms with van der Waals surface area (Å²) in [6.45, 7) is -0.179. The SMILES string of the molecule is O=C1OC2(COc3ccccc3O2)OC1=O. The number of para-hydroxylation sites is 2. The molecule has 0 atom stereocenters. The van der Waals surface area contributed by atoms with Crippen molar-refractivity contribution in [2.24, 2.45) is 0 Å². The molecule has 2 aliphatic heterocycles. The summed E-state index contributed by atoms with van der Waals surface area (Å²) in [6, 6.07) is 6.81. The van der Waals surface area contributed by atoms with Crippen LogP contribution in [-0.2, 0) is 19.1 Å². The van der Waals surface area contributed by atoms with Crippen molar-refractivity contribution in [1.82, 2.24) is 0 Å². The summed E-state index contributed by atoms with van der Waals surface area (Å²) in [5.74, 6) is -3.06. The average molecular weight is 222 g/mol. The van der Waals surface area contributed by atoms with Gasteiger partial charge in [-0.3, -0.25) is 0 Å². The van der Waals surface area contributed by atoms with Gasteiger partial charge in [0.1, 0.15) is 0 Å². The van der Waals surface area contributed by atoms with E-state index in [1.807, 2.05) is 0 Å². The molecule has 1 saturated heterocycles. The lowest BCUT2D eigenvalue weighted by Crippen LogP contribution is -2.46. The van der Waals surface area contributed by atoms with Crippen molar-refractivity contribution in [1.29, 1.82) is 0 Å². The van der Waals surface area contributed by atoms with Crippen molar-refractivity contribution < 1.29 is 28.5 Å². The van der Waals surface area contributed by atoms with E-state index in [2.05, 4.69) is 0 Å². The minimum Gasteiger partial charge on any atom is -0.477 e. The summed E-state index contributed by atoms with van der Waals surface area (Å²) < 4.78 is 20.0. The van der Waals surface area contributed by atoms with Gasteiger partial charge in [-0.15, -0.1) is 0 Å². The molecule has 0 aliphatic carbocycles. The van der Waals surface area contributed by atoms with Crippen LogP contribution in [-0.4, -0.2) is 24.5 Å². The quantitative estimate of drug-likeness (QED) is 0.461. The molecule has 1 aromatic rings. The molecule has 1 fully saturated rings. The topological polar surface area (TPSA) is 71.1 Å². The molecule has 16 heavy (non-hydrogen) atoms. The summed E-state index contributed by atoms with van der Waals surface area (Å²) in [4.78, 5) is 21.9. The second-order valence-corrected chi connectivity index (χ2v) is 3.30. The van der Waals surface area contributed by atoms with Gasteiger partial charge in [-0.1, -0.05) is 12.1 Å². The maximum absolute atomic E-state index is 10.9. The van der Waals surface area contributed by atoms with Crippen LogP contribution >= 0.6 is 0 Å². The Morgan fingerprint density at radius 2 is 1.56 bits per heavy atom. The normalized spacial score (nSPS) is 20.5. The van der Waals surface area contributed by atoms with Gasteiger partial charge in [-0.05, 0) is 12.1 Å². The summed E-state index contributed by atoms with van der Waals surface area (Å²) in [5.41, 5.74) is 0. The summed E-state index contributed by atoms with van der Waals surface area (Å²) in [5, 5.41) is 0. The molecule has 2 heterocycles. The highest BCUT2D eigenvalue weighted by atomic mass is 16.9. The second kappa shape index (κ2) is 2.88. The molecule has 0 unspecified atom stereocenters. The lowest BCUT2D eigenvalue weighted by atomic mass is 10.3. The molecule has 0 amide bonds. The Labute approximate surface area is 89.7 Å². The number of hydrogen-bond acceptors (Lipinski definition) is 6. The monoisotopic (exact) mass is 222 g/mol. The second-order valence-electron chi connectivity index (χ2n) is 3.30. The average Bonchev–Trinajstić information content (AvgIpc) is 2.54. The fourth-order valence-electron chi connectivity index (χ4n) is 1.50. The zero-order valence-corrected chi connectivity index (χ0v) is 7.97. The van der Waals surface area contributed by atoms with E-state index in [1.165, 1.54) is 0 Å². The highest BCUT2D eigenvalue weighted by Crippen LogP contribution is 2.37. The minimum absolute atomic E-state index is 0.179. The van der Waals surface area contributed by atoms with Crippen LogP contribution in [0.3, 0.4) is 0 Å².